The SMILES string of the molecule is CC1CCCN(c2nc(C(F)(F)F)c(C(=O)Nc3ccc(N4CCCN(C(=O)C5CCC5)CC4)nc3)o2)C1. The first kappa shape index (κ1) is 26.3. The molecule has 2 saturated heterocycles. The van der Waals surface area contributed by atoms with E-state index in [-0.39, 0.29) is 23.5 Å². The number of carbonyl (C=O) groups is 2. The normalized spacial score (nSPS) is 21.2. The van der Waals surface area contributed by atoms with Crippen molar-refractivity contribution in [3.8, 4) is 0 Å². The number of piperidine rings is 1. The van der Waals surface area contributed by atoms with Crippen molar-refractivity contribution in [3.05, 3.63) is 29.8 Å². The van der Waals surface area contributed by atoms with Gasteiger partial charge in [0.15, 0.2) is 5.69 Å². The largest absolute Gasteiger partial charge is 0.437 e. The van der Waals surface area contributed by atoms with Crippen LogP contribution in [-0.2, 0) is 11.0 Å². The maximum absolute atomic E-state index is 13.7. The zero-order valence-corrected chi connectivity index (χ0v) is 21.5. The highest BCUT2D eigenvalue weighted by atomic mass is 19.4. The smallest absolute Gasteiger partial charge is 0.417 e. The Bertz CT molecular complexity index is 1150. The van der Waals surface area contributed by atoms with Crippen LogP contribution in [0.3, 0.4) is 0 Å². The molecular formula is C26H33F3N6O3. The highest BCUT2D eigenvalue weighted by molar-refractivity contribution is 6.03. The van der Waals surface area contributed by atoms with Crippen molar-refractivity contribution in [1.29, 1.82) is 0 Å². The zero-order valence-electron chi connectivity index (χ0n) is 21.5. The molecule has 4 heterocycles. The molecule has 3 fully saturated rings. The number of amides is 2. The minimum absolute atomic E-state index is 0.171. The topological polar surface area (TPSA) is 94.8 Å². The van der Waals surface area contributed by atoms with Gasteiger partial charge in [-0.1, -0.05) is 13.3 Å². The minimum Gasteiger partial charge on any atom is -0.417 e. The molecule has 0 aromatic carbocycles. The summed E-state index contributed by atoms with van der Waals surface area (Å²) in [5.41, 5.74) is -1.09. The van der Waals surface area contributed by atoms with Gasteiger partial charge in [0.05, 0.1) is 11.9 Å². The first-order valence-electron chi connectivity index (χ1n) is 13.3. The fourth-order valence-electron chi connectivity index (χ4n) is 5.27. The number of nitrogens with zero attached hydrogens (tertiary/aromatic N) is 5. The molecule has 38 heavy (non-hydrogen) atoms. The monoisotopic (exact) mass is 534 g/mol. The number of aromatic nitrogens is 2. The van der Waals surface area contributed by atoms with E-state index in [4.69, 9.17) is 4.42 Å². The van der Waals surface area contributed by atoms with Gasteiger partial charge < -0.3 is 24.4 Å². The van der Waals surface area contributed by atoms with Crippen molar-refractivity contribution in [2.45, 2.75) is 51.6 Å². The van der Waals surface area contributed by atoms with E-state index in [0.29, 0.717) is 37.9 Å². The lowest BCUT2D eigenvalue weighted by Gasteiger charge is -2.31. The van der Waals surface area contributed by atoms with Crippen LogP contribution in [0.5, 0.6) is 0 Å². The number of oxazole rings is 1. The average molecular weight is 535 g/mol. The summed E-state index contributed by atoms with van der Waals surface area (Å²) in [6, 6.07) is 3.12. The fourth-order valence-corrected chi connectivity index (χ4v) is 5.27. The van der Waals surface area contributed by atoms with Crippen molar-refractivity contribution in [2.24, 2.45) is 11.8 Å². The van der Waals surface area contributed by atoms with Gasteiger partial charge in [-0.15, -0.1) is 0 Å². The third kappa shape index (κ3) is 5.73. The van der Waals surface area contributed by atoms with E-state index in [0.717, 1.165) is 51.6 Å². The number of halogens is 3. The van der Waals surface area contributed by atoms with E-state index in [2.05, 4.69) is 20.2 Å². The van der Waals surface area contributed by atoms with Crippen LogP contribution in [0.4, 0.5) is 30.7 Å². The van der Waals surface area contributed by atoms with Gasteiger partial charge in [0, 0.05) is 45.2 Å². The maximum Gasteiger partial charge on any atom is 0.437 e. The molecule has 0 bridgehead atoms. The molecule has 3 aliphatic rings. The molecule has 1 N–H and O–H groups in total. The van der Waals surface area contributed by atoms with E-state index in [1.165, 1.54) is 6.20 Å². The Hall–Kier alpha value is -3.31. The summed E-state index contributed by atoms with van der Waals surface area (Å²) in [7, 11) is 0. The lowest BCUT2D eigenvalue weighted by atomic mass is 9.84. The van der Waals surface area contributed by atoms with Gasteiger partial charge in [-0.25, -0.2) is 4.98 Å². The molecule has 1 unspecified atom stereocenters. The van der Waals surface area contributed by atoms with Gasteiger partial charge in [0.25, 0.3) is 11.9 Å². The van der Waals surface area contributed by atoms with Gasteiger partial charge >= 0.3 is 6.18 Å². The number of hydrogen-bond donors (Lipinski definition) is 1. The van der Waals surface area contributed by atoms with E-state index in [9.17, 15) is 22.8 Å². The molecule has 12 heteroatoms. The Labute approximate surface area is 219 Å². The number of nitrogens with one attached hydrogen (secondary N) is 1. The lowest BCUT2D eigenvalue weighted by Crippen LogP contribution is -2.41. The molecule has 1 aliphatic carbocycles. The number of hydrogen-bond acceptors (Lipinski definition) is 7. The van der Waals surface area contributed by atoms with Crippen LogP contribution in [0.25, 0.3) is 0 Å². The molecule has 0 radical (unpaired) electrons. The summed E-state index contributed by atoms with van der Waals surface area (Å²) < 4.78 is 46.4. The second kappa shape index (κ2) is 10.8. The Morgan fingerprint density at radius 2 is 1.79 bits per heavy atom. The summed E-state index contributed by atoms with van der Waals surface area (Å²) in [5, 5.41) is 2.46. The Morgan fingerprint density at radius 3 is 2.45 bits per heavy atom. The zero-order chi connectivity index (χ0) is 26.9. The predicted molar refractivity (Wildman–Crippen MR) is 135 cm³/mol. The van der Waals surface area contributed by atoms with E-state index in [1.807, 2.05) is 11.8 Å². The average Bonchev–Trinajstić information content (AvgIpc) is 3.17. The molecule has 206 valence electrons. The van der Waals surface area contributed by atoms with E-state index < -0.39 is 23.5 Å². The van der Waals surface area contributed by atoms with Gasteiger partial charge in [-0.3, -0.25) is 9.59 Å². The lowest BCUT2D eigenvalue weighted by molar-refractivity contribution is -0.141. The van der Waals surface area contributed by atoms with Gasteiger partial charge in [0.2, 0.25) is 11.7 Å². The van der Waals surface area contributed by atoms with Crippen molar-refractivity contribution in [3.63, 3.8) is 0 Å². The van der Waals surface area contributed by atoms with Crippen LogP contribution >= 0.6 is 0 Å². The standard InChI is InChI=1S/C26H33F3N6O3/c1-17-5-3-10-35(16-17)25-32-22(26(27,28)29)21(38-25)23(36)31-19-8-9-20(30-15-19)33-11-4-12-34(14-13-33)24(37)18-6-2-7-18/h8-9,15,17-18H,2-7,10-14,16H2,1H3,(H,31,36). The van der Waals surface area contributed by atoms with Crippen molar-refractivity contribution < 1.29 is 27.2 Å². The predicted octanol–water partition coefficient (Wildman–Crippen LogP) is 4.42. The highest BCUT2D eigenvalue weighted by Gasteiger charge is 2.42. The Balaban J connectivity index is 1.24. The molecule has 2 aliphatic heterocycles. The van der Waals surface area contributed by atoms with E-state index >= 15 is 0 Å². The van der Waals surface area contributed by atoms with Crippen LogP contribution in [0.15, 0.2) is 22.7 Å². The van der Waals surface area contributed by atoms with Crippen LogP contribution in [-0.4, -0.2) is 66.0 Å². The number of rotatable bonds is 5. The number of anilines is 3. The molecule has 2 aromatic rings. The molecular weight excluding hydrogens is 501 g/mol. The van der Waals surface area contributed by atoms with Gasteiger partial charge in [-0.2, -0.15) is 18.2 Å². The molecule has 2 aromatic heterocycles. The summed E-state index contributed by atoms with van der Waals surface area (Å²) in [6.07, 6.45) is 2.27. The summed E-state index contributed by atoms with van der Waals surface area (Å²) in [6.45, 7) is 5.78. The minimum atomic E-state index is -4.83. The van der Waals surface area contributed by atoms with Crippen LogP contribution in [0, 0.1) is 11.8 Å². The second-order valence-corrected chi connectivity index (χ2v) is 10.5. The number of carbonyl (C=O) groups excluding carboxylic acids is 2. The number of pyridine rings is 1. The summed E-state index contributed by atoms with van der Waals surface area (Å²) in [5.74, 6) is -0.508. The molecule has 5 rings (SSSR count). The highest BCUT2D eigenvalue weighted by Crippen LogP contribution is 2.35. The molecule has 9 nitrogen and oxygen atoms in total. The fraction of sp³-hybridized carbons (Fsp3) is 0.615. The Morgan fingerprint density at radius 1 is 1.00 bits per heavy atom. The maximum atomic E-state index is 13.7. The third-order valence-corrected chi connectivity index (χ3v) is 7.61. The van der Waals surface area contributed by atoms with Crippen molar-refractivity contribution in [1.82, 2.24) is 14.9 Å². The third-order valence-electron chi connectivity index (χ3n) is 7.61. The van der Waals surface area contributed by atoms with Crippen LogP contribution in [0.2, 0.25) is 0 Å². The quantitative estimate of drug-likeness (QED) is 0.607. The second-order valence-electron chi connectivity index (χ2n) is 10.5. The van der Waals surface area contributed by atoms with Gasteiger partial charge in [-0.05, 0) is 50.2 Å². The van der Waals surface area contributed by atoms with Gasteiger partial charge in [0.1, 0.15) is 5.82 Å². The van der Waals surface area contributed by atoms with Crippen molar-refractivity contribution in [2.75, 3.05) is 54.4 Å². The van der Waals surface area contributed by atoms with Crippen LogP contribution in [0.1, 0.15) is 61.7 Å². The Kier molecular flexibility index (Phi) is 7.49. The first-order chi connectivity index (χ1) is 18.2. The first-order valence-corrected chi connectivity index (χ1v) is 13.3. The molecule has 1 atom stereocenters. The van der Waals surface area contributed by atoms with Crippen molar-refractivity contribution >= 4 is 29.3 Å². The van der Waals surface area contributed by atoms with E-state index in [1.54, 1.807) is 17.0 Å². The number of alkyl halides is 3. The molecule has 2 amide bonds. The summed E-state index contributed by atoms with van der Waals surface area (Å²) in [4.78, 5) is 39.1. The molecule has 1 saturated carbocycles. The molecule has 0 spiro atoms. The van der Waals surface area contributed by atoms with Crippen LogP contribution < -0.4 is 15.1 Å². The summed E-state index contributed by atoms with van der Waals surface area (Å²) >= 11 is 0.